The molecular formula is C34H26F4N2O10. The molecule has 1 aliphatic heterocycles. The number of aromatic carboxylic acids is 2. The van der Waals surface area contributed by atoms with Gasteiger partial charge in [-0.2, -0.15) is 13.2 Å². The number of amides is 2. The van der Waals surface area contributed by atoms with Gasteiger partial charge in [0, 0.05) is 12.1 Å². The van der Waals surface area contributed by atoms with Crippen LogP contribution in [0, 0.1) is 22.9 Å². The van der Waals surface area contributed by atoms with Crippen molar-refractivity contribution >= 4 is 41.1 Å². The fraction of sp³-hybridized carbons (Fsp3) is 0.147. The molecule has 0 fully saturated rings. The van der Waals surface area contributed by atoms with Crippen LogP contribution in [0.1, 0.15) is 77.4 Å². The maximum atomic E-state index is 12.7. The number of carbonyl (C=O) groups is 5. The quantitative estimate of drug-likeness (QED) is 0.0769. The van der Waals surface area contributed by atoms with Crippen LogP contribution in [-0.2, 0) is 11.0 Å². The standard InChI is InChI=1S/C15H8N2O6.C11H14O2.C8H4F4O2/c18-13-9-6-5-8(17(22)23)7-11(9)14(19)16(13)12-4-2-1-3-10(12)15(20)21;1-3-10(11(12)13)9-6-4-8(2)5-7-9;9-6-3-4(7(13)14)1-2-5(6)8(10,11)12/h1-7H,(H,20,21);4-7,10H,3H2,1-2H3,(H,12,13);1-3H,(H,13,14). The van der Waals surface area contributed by atoms with Gasteiger partial charge in [-0.1, -0.05) is 48.9 Å². The summed E-state index contributed by atoms with van der Waals surface area (Å²) < 4.78 is 48.7. The van der Waals surface area contributed by atoms with Crippen LogP contribution in [-0.4, -0.2) is 50.0 Å². The molecule has 1 unspecified atom stereocenters. The second-order valence-corrected chi connectivity index (χ2v) is 10.5. The predicted octanol–water partition coefficient (Wildman–Crippen LogP) is 7.21. The molecule has 0 bridgehead atoms. The summed E-state index contributed by atoms with van der Waals surface area (Å²) in [6.45, 7) is 3.88. The van der Waals surface area contributed by atoms with E-state index in [0.29, 0.717) is 24.6 Å². The van der Waals surface area contributed by atoms with Crippen molar-refractivity contribution in [3.8, 4) is 0 Å². The number of imide groups is 1. The van der Waals surface area contributed by atoms with Crippen LogP contribution in [0.4, 0.5) is 28.9 Å². The van der Waals surface area contributed by atoms with Crippen LogP contribution < -0.4 is 4.90 Å². The zero-order chi connectivity index (χ0) is 37.5. The van der Waals surface area contributed by atoms with Gasteiger partial charge < -0.3 is 15.3 Å². The van der Waals surface area contributed by atoms with E-state index < -0.39 is 57.8 Å². The Morgan fingerprint density at radius 2 is 1.44 bits per heavy atom. The number of alkyl halides is 3. The highest BCUT2D eigenvalue weighted by Crippen LogP contribution is 2.33. The van der Waals surface area contributed by atoms with E-state index in [9.17, 15) is 56.8 Å². The summed E-state index contributed by atoms with van der Waals surface area (Å²) in [4.78, 5) is 68.1. The molecule has 4 aromatic rings. The molecule has 0 saturated carbocycles. The van der Waals surface area contributed by atoms with Gasteiger partial charge in [-0.3, -0.25) is 24.5 Å². The summed E-state index contributed by atoms with van der Waals surface area (Å²) in [5.74, 6) is -6.96. The number of carboxylic acid groups (broad SMARTS) is 3. The number of hydrogen-bond donors (Lipinski definition) is 3. The Hall–Kier alpha value is -6.45. The van der Waals surface area contributed by atoms with Crippen molar-refractivity contribution in [2.45, 2.75) is 32.4 Å². The number of hydrogen-bond acceptors (Lipinski definition) is 7. The van der Waals surface area contributed by atoms with Gasteiger partial charge in [0.2, 0.25) is 0 Å². The van der Waals surface area contributed by atoms with E-state index in [1.165, 1.54) is 30.3 Å². The molecule has 0 saturated heterocycles. The summed E-state index contributed by atoms with van der Waals surface area (Å²) >= 11 is 0. The summed E-state index contributed by atoms with van der Waals surface area (Å²) in [6, 6.07) is 18.0. The molecule has 0 radical (unpaired) electrons. The predicted molar refractivity (Wildman–Crippen MR) is 168 cm³/mol. The summed E-state index contributed by atoms with van der Waals surface area (Å²) in [6.07, 6.45) is -4.17. The third kappa shape index (κ3) is 8.71. The molecule has 260 valence electrons. The average Bonchev–Trinajstić information content (AvgIpc) is 3.30. The number of nitrogens with zero attached hydrogens (tertiary/aromatic N) is 2. The molecule has 12 nitrogen and oxygen atoms in total. The van der Waals surface area contributed by atoms with E-state index in [1.54, 1.807) is 0 Å². The summed E-state index contributed by atoms with van der Waals surface area (Å²) in [5.41, 5.74) is -0.670. The van der Waals surface area contributed by atoms with Crippen molar-refractivity contribution in [3.63, 3.8) is 0 Å². The molecule has 50 heavy (non-hydrogen) atoms. The first kappa shape index (κ1) is 38.0. The number of non-ortho nitro benzene ring substituents is 1. The third-order valence-corrected chi connectivity index (χ3v) is 7.16. The van der Waals surface area contributed by atoms with Crippen molar-refractivity contribution in [1.29, 1.82) is 0 Å². The number of aliphatic carboxylic acids is 1. The lowest BCUT2D eigenvalue weighted by Gasteiger charge is -2.16. The molecule has 0 aliphatic carbocycles. The number of nitro groups is 1. The molecule has 1 atom stereocenters. The number of carbonyl (C=O) groups excluding carboxylic acids is 2. The van der Waals surface area contributed by atoms with E-state index in [-0.39, 0.29) is 34.0 Å². The Labute approximate surface area is 280 Å². The highest BCUT2D eigenvalue weighted by molar-refractivity contribution is 6.35. The number of para-hydroxylation sites is 1. The number of halogens is 4. The van der Waals surface area contributed by atoms with Gasteiger partial charge in [-0.25, -0.2) is 18.9 Å². The molecule has 1 aliphatic rings. The number of nitro benzene ring substituents is 1. The summed E-state index contributed by atoms with van der Waals surface area (Å²) in [7, 11) is 0. The van der Waals surface area contributed by atoms with Gasteiger partial charge in [0.05, 0.1) is 44.3 Å². The molecule has 4 aromatic carbocycles. The topological polar surface area (TPSA) is 192 Å². The van der Waals surface area contributed by atoms with E-state index in [0.717, 1.165) is 28.2 Å². The lowest BCUT2D eigenvalue weighted by Crippen LogP contribution is -2.30. The molecule has 0 aromatic heterocycles. The number of rotatable bonds is 7. The third-order valence-electron chi connectivity index (χ3n) is 7.16. The van der Waals surface area contributed by atoms with Crippen LogP contribution in [0.25, 0.3) is 0 Å². The number of aryl methyl sites for hydroxylation is 1. The SMILES string of the molecule is CCC(C(=O)O)c1ccc(C)cc1.O=C(O)c1ccc(C(F)(F)F)c(F)c1.O=C(O)c1ccccc1N1C(=O)c2ccc([N+](=O)[O-])cc2C1=O. The molecule has 5 rings (SSSR count). The van der Waals surface area contributed by atoms with Crippen LogP contribution in [0.2, 0.25) is 0 Å². The first-order valence-corrected chi connectivity index (χ1v) is 14.3. The molecule has 16 heteroatoms. The van der Waals surface area contributed by atoms with Crippen LogP contribution >= 0.6 is 0 Å². The maximum absolute atomic E-state index is 12.7. The number of benzene rings is 4. The smallest absolute Gasteiger partial charge is 0.419 e. The van der Waals surface area contributed by atoms with E-state index in [1.807, 2.05) is 38.1 Å². The Morgan fingerprint density at radius 1 is 0.840 bits per heavy atom. The fourth-order valence-electron chi connectivity index (χ4n) is 4.64. The Bertz CT molecular complexity index is 1980. The molecular weight excluding hydrogens is 672 g/mol. The molecule has 2 amide bonds. The van der Waals surface area contributed by atoms with Gasteiger partial charge in [0.25, 0.3) is 17.5 Å². The number of anilines is 1. The first-order valence-electron chi connectivity index (χ1n) is 14.3. The van der Waals surface area contributed by atoms with E-state index >= 15 is 0 Å². The highest BCUT2D eigenvalue weighted by Gasteiger charge is 2.39. The molecule has 0 spiro atoms. The van der Waals surface area contributed by atoms with Gasteiger partial charge in [-0.05, 0) is 55.3 Å². The number of carboxylic acids is 3. The fourth-order valence-corrected chi connectivity index (χ4v) is 4.64. The van der Waals surface area contributed by atoms with Crippen molar-refractivity contribution in [2.75, 3.05) is 4.90 Å². The van der Waals surface area contributed by atoms with Crippen LogP contribution in [0.15, 0.2) is 84.9 Å². The Kier molecular flexibility index (Phi) is 11.9. The Balaban J connectivity index is 0.000000217. The minimum atomic E-state index is -4.80. The van der Waals surface area contributed by atoms with E-state index in [4.69, 9.17) is 10.2 Å². The van der Waals surface area contributed by atoms with Crippen molar-refractivity contribution in [3.05, 3.63) is 140 Å². The van der Waals surface area contributed by atoms with Gasteiger partial charge >= 0.3 is 24.1 Å². The summed E-state index contributed by atoms with van der Waals surface area (Å²) in [5, 5.41) is 37.2. The minimum Gasteiger partial charge on any atom is -0.481 e. The van der Waals surface area contributed by atoms with Gasteiger partial charge in [0.15, 0.2) is 0 Å². The largest absolute Gasteiger partial charge is 0.481 e. The monoisotopic (exact) mass is 698 g/mol. The zero-order valence-corrected chi connectivity index (χ0v) is 26.0. The second kappa shape index (κ2) is 15.6. The van der Waals surface area contributed by atoms with Crippen molar-refractivity contribution in [1.82, 2.24) is 0 Å². The minimum absolute atomic E-state index is 0.000733. The Morgan fingerprint density at radius 3 is 1.94 bits per heavy atom. The lowest BCUT2D eigenvalue weighted by molar-refractivity contribution is -0.384. The second-order valence-electron chi connectivity index (χ2n) is 10.5. The van der Waals surface area contributed by atoms with Crippen LogP contribution in [0.5, 0.6) is 0 Å². The van der Waals surface area contributed by atoms with E-state index in [2.05, 4.69) is 0 Å². The maximum Gasteiger partial charge on any atom is 0.419 e. The number of fused-ring (bicyclic) bond motifs is 1. The highest BCUT2D eigenvalue weighted by atomic mass is 19.4. The molecule has 3 N–H and O–H groups in total. The normalized spacial score (nSPS) is 12.5. The lowest BCUT2D eigenvalue weighted by atomic mass is 9.96. The average molecular weight is 699 g/mol. The van der Waals surface area contributed by atoms with Crippen molar-refractivity contribution in [2.24, 2.45) is 0 Å². The van der Waals surface area contributed by atoms with Gasteiger partial charge in [-0.15, -0.1) is 0 Å². The zero-order valence-electron chi connectivity index (χ0n) is 26.0. The molecule has 1 heterocycles. The first-order chi connectivity index (χ1) is 23.4. The van der Waals surface area contributed by atoms with Gasteiger partial charge in [0.1, 0.15) is 5.82 Å². The van der Waals surface area contributed by atoms with Crippen molar-refractivity contribution < 1.29 is 61.8 Å². The van der Waals surface area contributed by atoms with Crippen LogP contribution in [0.3, 0.4) is 0 Å².